The molecule has 2 aliphatic heterocycles. The van der Waals surface area contributed by atoms with Crippen molar-refractivity contribution in [3.8, 4) is 0 Å². The SMILES string of the molecule is C[C@@H](NC(=O)N1O[C@H]2C=C[C@@H]1CC2)c1ccccc1. The van der Waals surface area contributed by atoms with E-state index in [9.17, 15) is 4.79 Å². The third kappa shape index (κ3) is 2.49. The summed E-state index contributed by atoms with van der Waals surface area (Å²) in [6, 6.07) is 9.82. The summed E-state index contributed by atoms with van der Waals surface area (Å²) in [4.78, 5) is 17.8. The molecule has 1 aliphatic carbocycles. The van der Waals surface area contributed by atoms with Crippen molar-refractivity contribution in [3.63, 3.8) is 0 Å². The van der Waals surface area contributed by atoms with Crippen LogP contribution in [0.25, 0.3) is 0 Å². The molecule has 4 rings (SSSR count). The molecule has 19 heavy (non-hydrogen) atoms. The molecular formula is C15H18N2O2. The van der Waals surface area contributed by atoms with Crippen molar-refractivity contribution >= 4 is 6.03 Å². The topological polar surface area (TPSA) is 41.6 Å². The van der Waals surface area contributed by atoms with Crippen molar-refractivity contribution < 1.29 is 9.63 Å². The third-order valence-electron chi connectivity index (χ3n) is 3.68. The largest absolute Gasteiger partial charge is 0.342 e. The van der Waals surface area contributed by atoms with Crippen molar-refractivity contribution in [2.24, 2.45) is 0 Å². The summed E-state index contributed by atoms with van der Waals surface area (Å²) in [5.74, 6) is 0. The third-order valence-corrected chi connectivity index (χ3v) is 3.68. The number of carbonyl (C=O) groups is 1. The number of rotatable bonds is 2. The van der Waals surface area contributed by atoms with E-state index in [2.05, 4.69) is 11.4 Å². The first kappa shape index (κ1) is 12.2. The van der Waals surface area contributed by atoms with Crippen molar-refractivity contribution in [2.45, 2.75) is 38.0 Å². The molecule has 1 N–H and O–H groups in total. The maximum Gasteiger partial charge on any atom is 0.342 e. The molecule has 4 nitrogen and oxygen atoms in total. The molecule has 0 radical (unpaired) electrons. The van der Waals surface area contributed by atoms with E-state index in [1.165, 1.54) is 5.06 Å². The molecule has 2 bridgehead atoms. The van der Waals surface area contributed by atoms with Gasteiger partial charge in [0, 0.05) is 0 Å². The monoisotopic (exact) mass is 258 g/mol. The lowest BCUT2D eigenvalue weighted by Crippen LogP contribution is -2.52. The fraction of sp³-hybridized carbons (Fsp3) is 0.400. The molecule has 1 saturated heterocycles. The standard InChI is InChI=1S/C15H18N2O2/c1-11(12-5-3-2-4-6-12)16-15(18)17-13-7-9-14(19-17)10-8-13/h2-7,9,11,13-14H,8,10H2,1H3,(H,16,18)/t11-,13-,14+/m1/s1. The summed E-state index contributed by atoms with van der Waals surface area (Å²) >= 11 is 0. The normalized spacial score (nSPS) is 26.3. The number of hydrogen-bond acceptors (Lipinski definition) is 2. The lowest BCUT2D eigenvalue weighted by Gasteiger charge is -2.40. The van der Waals surface area contributed by atoms with Crippen LogP contribution >= 0.6 is 0 Å². The maximum atomic E-state index is 12.2. The van der Waals surface area contributed by atoms with Gasteiger partial charge in [-0.2, -0.15) is 5.06 Å². The van der Waals surface area contributed by atoms with Gasteiger partial charge in [0.05, 0.1) is 12.1 Å². The van der Waals surface area contributed by atoms with E-state index in [1.54, 1.807) is 0 Å². The zero-order chi connectivity index (χ0) is 13.2. The van der Waals surface area contributed by atoms with Crippen LogP contribution in [0, 0.1) is 0 Å². The van der Waals surface area contributed by atoms with Crippen LogP contribution in [-0.4, -0.2) is 23.2 Å². The van der Waals surface area contributed by atoms with Gasteiger partial charge in [-0.3, -0.25) is 4.84 Å². The molecule has 1 fully saturated rings. The number of nitrogens with one attached hydrogen (secondary N) is 1. The lowest BCUT2D eigenvalue weighted by atomic mass is 9.98. The van der Waals surface area contributed by atoms with Gasteiger partial charge in [-0.15, -0.1) is 0 Å². The number of hydrogen-bond donors (Lipinski definition) is 1. The fourth-order valence-corrected chi connectivity index (χ4v) is 2.56. The van der Waals surface area contributed by atoms with E-state index in [0.717, 1.165) is 18.4 Å². The van der Waals surface area contributed by atoms with Crippen molar-refractivity contribution in [3.05, 3.63) is 48.0 Å². The second-order valence-electron chi connectivity index (χ2n) is 5.08. The predicted molar refractivity (Wildman–Crippen MR) is 72.3 cm³/mol. The molecular weight excluding hydrogens is 240 g/mol. The molecule has 1 aromatic carbocycles. The van der Waals surface area contributed by atoms with Gasteiger partial charge in [0.15, 0.2) is 0 Å². The Morgan fingerprint density at radius 3 is 2.68 bits per heavy atom. The minimum Gasteiger partial charge on any atom is -0.330 e. The Morgan fingerprint density at radius 1 is 1.32 bits per heavy atom. The van der Waals surface area contributed by atoms with Gasteiger partial charge in [0.25, 0.3) is 0 Å². The predicted octanol–water partition coefficient (Wildman–Crippen LogP) is 2.79. The Hall–Kier alpha value is -1.81. The van der Waals surface area contributed by atoms with E-state index < -0.39 is 0 Å². The van der Waals surface area contributed by atoms with Gasteiger partial charge in [-0.1, -0.05) is 42.5 Å². The van der Waals surface area contributed by atoms with Crippen molar-refractivity contribution in [1.29, 1.82) is 0 Å². The summed E-state index contributed by atoms with van der Waals surface area (Å²) in [6.07, 6.45) is 6.14. The van der Waals surface area contributed by atoms with Gasteiger partial charge in [0.2, 0.25) is 0 Å². The van der Waals surface area contributed by atoms with Gasteiger partial charge < -0.3 is 5.32 Å². The van der Waals surface area contributed by atoms with Crippen LogP contribution in [0.2, 0.25) is 0 Å². The fourth-order valence-electron chi connectivity index (χ4n) is 2.56. The zero-order valence-electron chi connectivity index (χ0n) is 11.0. The summed E-state index contributed by atoms with van der Waals surface area (Å²) in [6.45, 7) is 1.98. The highest BCUT2D eigenvalue weighted by molar-refractivity contribution is 5.74. The number of urea groups is 1. The van der Waals surface area contributed by atoms with Gasteiger partial charge in [-0.05, 0) is 25.3 Å². The number of carbonyl (C=O) groups excluding carboxylic acids is 1. The summed E-state index contributed by atoms with van der Waals surface area (Å²) in [7, 11) is 0. The molecule has 3 aliphatic rings. The second kappa shape index (κ2) is 5.05. The number of nitrogens with zero attached hydrogens (tertiary/aromatic N) is 1. The van der Waals surface area contributed by atoms with E-state index in [0.29, 0.717) is 0 Å². The van der Waals surface area contributed by atoms with Crippen LogP contribution in [0.3, 0.4) is 0 Å². The summed E-state index contributed by atoms with van der Waals surface area (Å²) < 4.78 is 0. The Bertz CT molecular complexity index is 486. The minimum absolute atomic E-state index is 0.0262. The van der Waals surface area contributed by atoms with E-state index in [1.807, 2.05) is 43.3 Å². The average Bonchev–Trinajstić information content (AvgIpc) is 2.49. The molecule has 1 aromatic rings. The first-order valence-corrected chi connectivity index (χ1v) is 6.74. The summed E-state index contributed by atoms with van der Waals surface area (Å²) in [5.41, 5.74) is 1.09. The molecule has 0 aromatic heterocycles. The van der Waals surface area contributed by atoms with Crippen LogP contribution in [0.15, 0.2) is 42.5 Å². The lowest BCUT2D eigenvalue weighted by molar-refractivity contribution is -0.195. The minimum atomic E-state index is -0.157. The van der Waals surface area contributed by atoms with Crippen molar-refractivity contribution in [1.82, 2.24) is 10.4 Å². The van der Waals surface area contributed by atoms with Crippen LogP contribution in [0.1, 0.15) is 31.4 Å². The molecule has 4 heteroatoms. The van der Waals surface area contributed by atoms with Crippen LogP contribution in [0.5, 0.6) is 0 Å². The van der Waals surface area contributed by atoms with E-state index in [-0.39, 0.29) is 24.2 Å². The molecule has 2 heterocycles. The van der Waals surface area contributed by atoms with Gasteiger partial charge in [0.1, 0.15) is 6.10 Å². The van der Waals surface area contributed by atoms with Crippen molar-refractivity contribution in [2.75, 3.05) is 0 Å². The number of amides is 2. The van der Waals surface area contributed by atoms with Gasteiger partial charge >= 0.3 is 6.03 Å². The summed E-state index contributed by atoms with van der Waals surface area (Å²) in [5, 5.41) is 4.46. The Morgan fingerprint density at radius 2 is 2.11 bits per heavy atom. The van der Waals surface area contributed by atoms with Gasteiger partial charge in [-0.25, -0.2) is 4.79 Å². The number of fused-ring (bicyclic) bond motifs is 2. The van der Waals surface area contributed by atoms with E-state index in [4.69, 9.17) is 4.84 Å². The maximum absolute atomic E-state index is 12.2. The second-order valence-corrected chi connectivity index (χ2v) is 5.08. The Kier molecular flexibility index (Phi) is 3.25. The number of hydroxylamine groups is 2. The molecule has 3 atom stereocenters. The van der Waals surface area contributed by atoms with Crippen LogP contribution < -0.4 is 5.32 Å². The molecule has 0 spiro atoms. The Balaban J connectivity index is 1.64. The number of benzene rings is 1. The molecule has 2 amide bonds. The molecule has 0 unspecified atom stereocenters. The highest BCUT2D eigenvalue weighted by Crippen LogP contribution is 2.27. The van der Waals surface area contributed by atoms with Crippen LogP contribution in [-0.2, 0) is 4.84 Å². The highest BCUT2D eigenvalue weighted by Gasteiger charge is 2.34. The highest BCUT2D eigenvalue weighted by atomic mass is 16.7. The van der Waals surface area contributed by atoms with Crippen LogP contribution in [0.4, 0.5) is 4.79 Å². The Labute approximate surface area is 113 Å². The smallest absolute Gasteiger partial charge is 0.330 e. The quantitative estimate of drug-likeness (QED) is 0.829. The first-order valence-electron chi connectivity index (χ1n) is 6.74. The molecule has 100 valence electrons. The zero-order valence-corrected chi connectivity index (χ0v) is 11.0. The average molecular weight is 258 g/mol. The van der Waals surface area contributed by atoms with E-state index >= 15 is 0 Å². The first-order chi connectivity index (χ1) is 9.24. The molecule has 0 saturated carbocycles.